The number of benzene rings is 2. The summed E-state index contributed by atoms with van der Waals surface area (Å²) in [5, 5.41) is 9.16. The normalized spacial score (nSPS) is 16.5. The van der Waals surface area contributed by atoms with Gasteiger partial charge in [-0.25, -0.2) is 4.79 Å². The molecule has 2 aromatic carbocycles. The molecule has 1 aliphatic rings. The molecule has 0 aliphatic heterocycles. The summed E-state index contributed by atoms with van der Waals surface area (Å²) in [7, 11) is 0. The molecule has 1 N–H and O–H groups in total. The molecule has 0 heterocycles. The number of hydrogen-bond acceptors (Lipinski definition) is 2. The molecule has 3 rings (SSSR count). The summed E-state index contributed by atoms with van der Waals surface area (Å²) in [6.45, 7) is 16.4. The Hall–Kier alpha value is -2.68. The van der Waals surface area contributed by atoms with Crippen molar-refractivity contribution in [3.05, 3.63) is 76.4 Å². The molecular weight excluding hydrogens is 370 g/mol. The van der Waals surface area contributed by atoms with E-state index in [1.165, 1.54) is 22.4 Å². The van der Waals surface area contributed by atoms with Gasteiger partial charge in [0.25, 0.3) is 0 Å². The number of hydrogen-bond donors (Lipinski definition) is 1. The number of aromatic carboxylic acids is 1. The highest BCUT2D eigenvalue weighted by Gasteiger charge is 2.31. The van der Waals surface area contributed by atoms with E-state index in [-0.39, 0.29) is 11.0 Å². The van der Waals surface area contributed by atoms with Gasteiger partial charge < -0.3 is 5.11 Å². The summed E-state index contributed by atoms with van der Waals surface area (Å²) < 4.78 is 0. The summed E-state index contributed by atoms with van der Waals surface area (Å²) in [4.78, 5) is 16.1. The van der Waals surface area contributed by atoms with Gasteiger partial charge in [0.05, 0.1) is 5.56 Å². The summed E-state index contributed by atoms with van der Waals surface area (Å²) in [5.41, 5.74) is 8.39. The monoisotopic (exact) mass is 403 g/mol. The summed E-state index contributed by atoms with van der Waals surface area (Å²) in [5.74, 6) is -0.266. The van der Waals surface area contributed by atoms with Gasteiger partial charge in [0, 0.05) is 12.3 Å². The molecule has 0 bridgehead atoms. The van der Waals surface area contributed by atoms with Crippen LogP contribution < -0.4 is 0 Å². The predicted molar refractivity (Wildman–Crippen MR) is 126 cm³/mol. The molecular formula is C27H33NO2. The first-order chi connectivity index (χ1) is 14.1. The topological polar surface area (TPSA) is 49.7 Å². The van der Waals surface area contributed by atoms with Crippen molar-refractivity contribution in [3.63, 3.8) is 0 Å². The molecule has 0 radical (unpaired) electrons. The maximum atomic E-state index is 11.2. The Morgan fingerprint density at radius 2 is 1.80 bits per heavy atom. The Balaban J connectivity index is 2.03. The molecule has 1 aliphatic carbocycles. The molecule has 0 saturated carbocycles. The fourth-order valence-corrected chi connectivity index (χ4v) is 4.12. The van der Waals surface area contributed by atoms with Crippen LogP contribution in [0.4, 0.5) is 0 Å². The molecule has 0 aromatic heterocycles. The van der Waals surface area contributed by atoms with E-state index in [2.05, 4.69) is 53.3 Å². The van der Waals surface area contributed by atoms with Crippen molar-refractivity contribution in [2.75, 3.05) is 6.54 Å². The van der Waals surface area contributed by atoms with Gasteiger partial charge in [-0.05, 0) is 89.1 Å². The first-order valence-corrected chi connectivity index (χ1v) is 10.8. The molecule has 0 amide bonds. The highest BCUT2D eigenvalue weighted by atomic mass is 16.4. The van der Waals surface area contributed by atoms with Crippen LogP contribution in [0.5, 0.6) is 0 Å². The first-order valence-electron chi connectivity index (χ1n) is 10.8. The molecule has 2 aromatic rings. The second-order valence-electron chi connectivity index (χ2n) is 9.47. The van der Waals surface area contributed by atoms with Crippen molar-refractivity contribution < 1.29 is 9.90 Å². The smallest absolute Gasteiger partial charge is 0.335 e. The van der Waals surface area contributed by atoms with E-state index in [0.29, 0.717) is 5.92 Å². The van der Waals surface area contributed by atoms with Crippen molar-refractivity contribution in [1.29, 1.82) is 0 Å². The van der Waals surface area contributed by atoms with Gasteiger partial charge in [-0.2, -0.15) is 0 Å². The highest BCUT2D eigenvalue weighted by molar-refractivity contribution is 6.04. The fraction of sp³-hybridized carbons (Fsp3) is 0.407. The Morgan fingerprint density at radius 3 is 2.40 bits per heavy atom. The third-order valence-corrected chi connectivity index (χ3v) is 6.21. The molecule has 0 fully saturated rings. The largest absolute Gasteiger partial charge is 0.478 e. The molecule has 3 heteroatoms. The molecule has 30 heavy (non-hydrogen) atoms. The van der Waals surface area contributed by atoms with Crippen LogP contribution in [0, 0.1) is 12.8 Å². The number of carboxylic acids is 1. The summed E-state index contributed by atoms with van der Waals surface area (Å²) >= 11 is 0. The molecule has 158 valence electrons. The first kappa shape index (κ1) is 22.0. The van der Waals surface area contributed by atoms with Crippen LogP contribution in [0.2, 0.25) is 0 Å². The Labute approximate surface area is 180 Å². The number of fused-ring (bicyclic) bond motifs is 1. The standard InChI is InChI=1S/C27H33NO2/c1-17(2)12-14-28-25-11-13-27(5,6)24-15-18(3)22(16-23(24)25)19(4)20-7-9-21(10-8-20)26(29)30/h7-10,15-17H,4,11-14H2,1-3,5-6H3,(H,29,30). The molecule has 0 unspecified atom stereocenters. The van der Waals surface area contributed by atoms with E-state index >= 15 is 0 Å². The molecule has 0 atom stereocenters. The Bertz CT molecular complexity index is 994. The van der Waals surface area contributed by atoms with E-state index in [0.717, 1.165) is 42.5 Å². The van der Waals surface area contributed by atoms with Crippen LogP contribution in [0.1, 0.15) is 85.1 Å². The maximum Gasteiger partial charge on any atom is 0.335 e. The van der Waals surface area contributed by atoms with E-state index in [1.807, 2.05) is 12.1 Å². The van der Waals surface area contributed by atoms with Gasteiger partial charge in [0.15, 0.2) is 0 Å². The number of aliphatic imine (C=N–C) groups is 1. The van der Waals surface area contributed by atoms with Gasteiger partial charge in [0.1, 0.15) is 0 Å². The van der Waals surface area contributed by atoms with Crippen molar-refractivity contribution in [2.24, 2.45) is 10.9 Å². The third-order valence-electron chi connectivity index (χ3n) is 6.21. The van der Waals surface area contributed by atoms with Crippen molar-refractivity contribution in [2.45, 2.75) is 59.3 Å². The zero-order valence-electron chi connectivity index (χ0n) is 18.9. The lowest BCUT2D eigenvalue weighted by atomic mass is 9.70. The van der Waals surface area contributed by atoms with Crippen LogP contribution in [-0.2, 0) is 5.41 Å². The van der Waals surface area contributed by atoms with Gasteiger partial charge in [-0.1, -0.05) is 52.5 Å². The van der Waals surface area contributed by atoms with E-state index < -0.39 is 5.97 Å². The zero-order valence-corrected chi connectivity index (χ0v) is 18.9. The SMILES string of the molecule is C=C(c1ccc(C(=O)O)cc1)c1cc2c(cc1C)C(C)(C)CCC2=NCCC(C)C. The second-order valence-corrected chi connectivity index (χ2v) is 9.47. The summed E-state index contributed by atoms with van der Waals surface area (Å²) in [6.07, 6.45) is 3.21. The average molecular weight is 404 g/mol. The number of nitrogens with zero attached hydrogens (tertiary/aromatic N) is 1. The summed E-state index contributed by atoms with van der Waals surface area (Å²) in [6, 6.07) is 11.5. The number of rotatable bonds is 6. The quantitative estimate of drug-likeness (QED) is 0.586. The van der Waals surface area contributed by atoms with Gasteiger partial charge >= 0.3 is 5.97 Å². The van der Waals surface area contributed by atoms with Crippen LogP contribution in [-0.4, -0.2) is 23.3 Å². The Morgan fingerprint density at radius 1 is 1.17 bits per heavy atom. The van der Waals surface area contributed by atoms with Gasteiger partial charge in [-0.3, -0.25) is 4.99 Å². The lowest BCUT2D eigenvalue weighted by molar-refractivity contribution is 0.0697. The third kappa shape index (κ3) is 4.56. The van der Waals surface area contributed by atoms with Crippen LogP contribution in [0.25, 0.3) is 5.57 Å². The highest BCUT2D eigenvalue weighted by Crippen LogP contribution is 2.40. The van der Waals surface area contributed by atoms with Crippen molar-refractivity contribution in [3.8, 4) is 0 Å². The second kappa shape index (κ2) is 8.59. The van der Waals surface area contributed by atoms with E-state index in [1.54, 1.807) is 12.1 Å². The minimum Gasteiger partial charge on any atom is -0.478 e. The van der Waals surface area contributed by atoms with Crippen LogP contribution >= 0.6 is 0 Å². The van der Waals surface area contributed by atoms with Gasteiger partial charge in [-0.15, -0.1) is 0 Å². The van der Waals surface area contributed by atoms with Crippen molar-refractivity contribution in [1.82, 2.24) is 0 Å². The van der Waals surface area contributed by atoms with E-state index in [4.69, 9.17) is 10.1 Å². The molecule has 3 nitrogen and oxygen atoms in total. The number of carbonyl (C=O) groups is 1. The van der Waals surface area contributed by atoms with Crippen LogP contribution in [0.15, 0.2) is 48.0 Å². The van der Waals surface area contributed by atoms with Gasteiger partial charge in [0.2, 0.25) is 0 Å². The number of carboxylic acid groups (broad SMARTS) is 1. The Kier molecular flexibility index (Phi) is 6.30. The zero-order chi connectivity index (χ0) is 22.1. The number of aryl methyl sites for hydroxylation is 1. The minimum absolute atomic E-state index is 0.125. The lowest BCUT2D eigenvalue weighted by Gasteiger charge is -2.34. The molecule has 0 saturated heterocycles. The minimum atomic E-state index is -0.915. The van der Waals surface area contributed by atoms with Crippen molar-refractivity contribution >= 4 is 17.3 Å². The molecule has 0 spiro atoms. The maximum absolute atomic E-state index is 11.2. The predicted octanol–water partition coefficient (Wildman–Crippen LogP) is 6.66. The van der Waals surface area contributed by atoms with Crippen LogP contribution in [0.3, 0.4) is 0 Å². The van der Waals surface area contributed by atoms with E-state index in [9.17, 15) is 4.79 Å². The lowest BCUT2D eigenvalue weighted by Crippen LogP contribution is -2.28. The average Bonchev–Trinajstić information content (AvgIpc) is 2.69. The fourth-order valence-electron chi connectivity index (χ4n) is 4.12.